The highest BCUT2D eigenvalue weighted by molar-refractivity contribution is 5.95. The van der Waals surface area contributed by atoms with Crippen molar-refractivity contribution < 1.29 is 9.53 Å². The maximum atomic E-state index is 12.3. The minimum absolute atomic E-state index is 0.128. The highest BCUT2D eigenvalue weighted by atomic mass is 16.5. The molecular weight excluding hydrogens is 280 g/mol. The first kappa shape index (κ1) is 14.6. The molecule has 1 amide bonds. The van der Waals surface area contributed by atoms with Crippen LogP contribution in [0.1, 0.15) is 30.1 Å². The molecule has 1 saturated heterocycles. The Bertz CT molecular complexity index is 654. The summed E-state index contributed by atoms with van der Waals surface area (Å²) in [5, 5.41) is 2.94. The quantitative estimate of drug-likeness (QED) is 0.932. The summed E-state index contributed by atoms with van der Waals surface area (Å²) in [6.45, 7) is 3.30. The van der Waals surface area contributed by atoms with Gasteiger partial charge in [0.1, 0.15) is 6.33 Å². The predicted molar refractivity (Wildman–Crippen MR) is 81.2 cm³/mol. The number of nitrogens with one attached hydrogen (secondary N) is 1. The van der Waals surface area contributed by atoms with Gasteiger partial charge in [-0.2, -0.15) is 0 Å². The monoisotopic (exact) mass is 298 g/mol. The highest BCUT2D eigenvalue weighted by Crippen LogP contribution is 2.24. The molecule has 0 aromatic carbocycles. The summed E-state index contributed by atoms with van der Waals surface area (Å²) in [4.78, 5) is 24.5. The topological polar surface area (TPSA) is 77.0 Å². The molecule has 3 rings (SSSR count). The zero-order valence-corrected chi connectivity index (χ0v) is 12.5. The number of amides is 1. The number of aromatic nitrogens is 3. The van der Waals surface area contributed by atoms with E-state index in [9.17, 15) is 4.79 Å². The van der Waals surface area contributed by atoms with Crippen molar-refractivity contribution in [3.8, 4) is 11.3 Å². The molecule has 1 atom stereocenters. The molecule has 0 bridgehead atoms. The van der Waals surface area contributed by atoms with E-state index in [2.05, 4.69) is 20.3 Å². The van der Waals surface area contributed by atoms with Crippen LogP contribution in [0.2, 0.25) is 0 Å². The van der Waals surface area contributed by atoms with Gasteiger partial charge in [-0.25, -0.2) is 9.97 Å². The van der Waals surface area contributed by atoms with E-state index < -0.39 is 0 Å². The van der Waals surface area contributed by atoms with Crippen molar-refractivity contribution in [1.82, 2.24) is 20.3 Å². The van der Waals surface area contributed by atoms with E-state index >= 15 is 0 Å². The molecule has 3 heterocycles. The fraction of sp³-hybridized carbons (Fsp3) is 0.375. The van der Waals surface area contributed by atoms with Crippen molar-refractivity contribution in [2.24, 2.45) is 0 Å². The maximum Gasteiger partial charge on any atom is 0.251 e. The smallest absolute Gasteiger partial charge is 0.251 e. The van der Waals surface area contributed by atoms with E-state index in [4.69, 9.17) is 4.74 Å². The van der Waals surface area contributed by atoms with Gasteiger partial charge < -0.3 is 10.1 Å². The van der Waals surface area contributed by atoms with Crippen molar-refractivity contribution in [3.63, 3.8) is 0 Å². The van der Waals surface area contributed by atoms with Gasteiger partial charge in [-0.3, -0.25) is 9.78 Å². The highest BCUT2D eigenvalue weighted by Gasteiger charge is 2.30. The Morgan fingerprint density at radius 2 is 2.23 bits per heavy atom. The SMILES string of the molecule is C[C@@]1(CNC(=O)c2ccnc(-c3cncnc3)c2)CCCO1. The first-order valence-electron chi connectivity index (χ1n) is 7.30. The summed E-state index contributed by atoms with van der Waals surface area (Å²) in [6.07, 6.45) is 8.43. The Hall–Kier alpha value is -2.34. The first-order chi connectivity index (χ1) is 10.7. The van der Waals surface area contributed by atoms with Crippen LogP contribution in [0.15, 0.2) is 37.1 Å². The largest absolute Gasteiger partial charge is 0.373 e. The van der Waals surface area contributed by atoms with Gasteiger partial charge in [-0.15, -0.1) is 0 Å². The third-order valence-corrected chi connectivity index (χ3v) is 3.80. The van der Waals surface area contributed by atoms with Gasteiger partial charge in [0.15, 0.2) is 0 Å². The van der Waals surface area contributed by atoms with Crippen molar-refractivity contribution in [2.75, 3.05) is 13.2 Å². The molecule has 1 aliphatic rings. The maximum absolute atomic E-state index is 12.3. The van der Waals surface area contributed by atoms with E-state index in [0.717, 1.165) is 25.0 Å². The minimum atomic E-state index is -0.251. The molecule has 2 aromatic rings. The Labute approximate surface area is 129 Å². The Kier molecular flexibility index (Phi) is 4.11. The first-order valence-corrected chi connectivity index (χ1v) is 7.30. The number of ether oxygens (including phenoxy) is 1. The summed E-state index contributed by atoms with van der Waals surface area (Å²) < 4.78 is 5.68. The van der Waals surface area contributed by atoms with Crippen molar-refractivity contribution in [3.05, 3.63) is 42.6 Å². The number of hydrogen-bond donors (Lipinski definition) is 1. The van der Waals surface area contributed by atoms with Gasteiger partial charge in [0.2, 0.25) is 0 Å². The second-order valence-electron chi connectivity index (χ2n) is 5.64. The van der Waals surface area contributed by atoms with Crippen LogP contribution < -0.4 is 5.32 Å². The fourth-order valence-corrected chi connectivity index (χ4v) is 2.51. The molecule has 1 aliphatic heterocycles. The molecule has 114 valence electrons. The fourth-order valence-electron chi connectivity index (χ4n) is 2.51. The number of rotatable bonds is 4. The number of pyridine rings is 1. The van der Waals surface area contributed by atoms with Gasteiger partial charge >= 0.3 is 0 Å². The van der Waals surface area contributed by atoms with Crippen molar-refractivity contribution in [2.45, 2.75) is 25.4 Å². The molecule has 0 radical (unpaired) electrons. The van der Waals surface area contributed by atoms with Gasteiger partial charge in [0, 0.05) is 42.9 Å². The minimum Gasteiger partial charge on any atom is -0.373 e. The Morgan fingerprint density at radius 3 is 2.95 bits per heavy atom. The van der Waals surface area contributed by atoms with E-state index in [1.165, 1.54) is 6.33 Å². The lowest BCUT2D eigenvalue weighted by Gasteiger charge is -2.23. The van der Waals surface area contributed by atoms with E-state index in [1.54, 1.807) is 30.7 Å². The summed E-state index contributed by atoms with van der Waals surface area (Å²) >= 11 is 0. The number of hydrogen-bond acceptors (Lipinski definition) is 5. The molecule has 6 heteroatoms. The third kappa shape index (κ3) is 3.28. The normalized spacial score (nSPS) is 20.8. The number of carbonyl (C=O) groups excluding carboxylic acids is 1. The van der Waals surface area contributed by atoms with Crippen LogP contribution in [0.5, 0.6) is 0 Å². The van der Waals surface area contributed by atoms with Crippen LogP contribution in [0.3, 0.4) is 0 Å². The molecular formula is C16H18N4O2. The van der Waals surface area contributed by atoms with Gasteiger partial charge in [0.25, 0.3) is 5.91 Å². The zero-order valence-electron chi connectivity index (χ0n) is 12.5. The van der Waals surface area contributed by atoms with Crippen LogP contribution in [-0.4, -0.2) is 39.6 Å². The summed E-state index contributed by atoms with van der Waals surface area (Å²) in [5.41, 5.74) is 1.77. The lowest BCUT2D eigenvalue weighted by molar-refractivity contribution is 0.0206. The van der Waals surface area contributed by atoms with Crippen LogP contribution >= 0.6 is 0 Å². The predicted octanol–water partition coefficient (Wildman–Crippen LogP) is 1.84. The Balaban J connectivity index is 1.70. The van der Waals surface area contributed by atoms with Crippen LogP contribution in [0, 0.1) is 0 Å². The zero-order chi connectivity index (χ0) is 15.4. The standard InChI is InChI=1S/C16H18N4O2/c1-16(4-2-6-22-16)10-20-15(21)12-3-5-19-14(7-12)13-8-17-11-18-9-13/h3,5,7-9,11H,2,4,6,10H2,1H3,(H,20,21)/t16-/m0/s1. The molecule has 6 nitrogen and oxygen atoms in total. The van der Waals surface area contributed by atoms with Crippen LogP contribution in [0.4, 0.5) is 0 Å². The summed E-state index contributed by atoms with van der Waals surface area (Å²) in [5.74, 6) is -0.128. The molecule has 2 aromatic heterocycles. The number of carbonyl (C=O) groups is 1. The van der Waals surface area contributed by atoms with Gasteiger partial charge in [0.05, 0.1) is 11.3 Å². The Morgan fingerprint density at radius 1 is 1.41 bits per heavy atom. The summed E-state index contributed by atoms with van der Waals surface area (Å²) in [7, 11) is 0. The molecule has 0 unspecified atom stereocenters. The molecule has 0 saturated carbocycles. The van der Waals surface area contributed by atoms with Gasteiger partial charge in [-0.05, 0) is 31.9 Å². The van der Waals surface area contributed by atoms with E-state index in [1.807, 2.05) is 6.92 Å². The average molecular weight is 298 g/mol. The second kappa shape index (κ2) is 6.19. The third-order valence-electron chi connectivity index (χ3n) is 3.80. The molecule has 0 aliphatic carbocycles. The van der Waals surface area contributed by atoms with Crippen molar-refractivity contribution >= 4 is 5.91 Å². The van der Waals surface area contributed by atoms with E-state index in [0.29, 0.717) is 17.8 Å². The van der Waals surface area contributed by atoms with Gasteiger partial charge in [-0.1, -0.05) is 0 Å². The molecule has 22 heavy (non-hydrogen) atoms. The molecule has 0 spiro atoms. The second-order valence-corrected chi connectivity index (χ2v) is 5.64. The van der Waals surface area contributed by atoms with Crippen molar-refractivity contribution in [1.29, 1.82) is 0 Å². The van der Waals surface area contributed by atoms with Crippen LogP contribution in [0.25, 0.3) is 11.3 Å². The molecule has 1 fully saturated rings. The number of nitrogens with zero attached hydrogens (tertiary/aromatic N) is 3. The molecule has 1 N–H and O–H groups in total. The average Bonchev–Trinajstić information content (AvgIpc) is 3.01. The van der Waals surface area contributed by atoms with Crippen LogP contribution in [-0.2, 0) is 4.74 Å². The lowest BCUT2D eigenvalue weighted by atomic mass is 10.0. The van der Waals surface area contributed by atoms with E-state index in [-0.39, 0.29) is 11.5 Å². The summed E-state index contributed by atoms with van der Waals surface area (Å²) in [6, 6.07) is 3.44. The lowest BCUT2D eigenvalue weighted by Crippen LogP contribution is -2.40.